The summed E-state index contributed by atoms with van der Waals surface area (Å²) in [6.07, 6.45) is 2.63. The number of methoxy groups -OCH3 is 1. The van der Waals surface area contributed by atoms with Crippen LogP contribution in [0.25, 0.3) is 0 Å². The highest BCUT2D eigenvalue weighted by Gasteiger charge is 2.33. The van der Waals surface area contributed by atoms with Crippen LogP contribution in [0.5, 0.6) is 11.5 Å². The molecule has 5 rings (SSSR count). The summed E-state index contributed by atoms with van der Waals surface area (Å²) < 4.78 is 12.8. The van der Waals surface area contributed by atoms with Crippen LogP contribution in [-0.2, 0) is 13.2 Å². The molecule has 2 aromatic rings. The Labute approximate surface area is 194 Å². The quantitative estimate of drug-likeness (QED) is 0.572. The average molecular weight is 504 g/mol. The molecule has 2 aromatic carbocycles. The van der Waals surface area contributed by atoms with Crippen molar-refractivity contribution in [3.8, 4) is 11.5 Å². The van der Waals surface area contributed by atoms with Crippen molar-refractivity contribution in [3.63, 3.8) is 0 Å². The standard InChI is InChI=1S/C22H27BrN2O2.2ClH/c1-26-21-12-19(23)11-18(22(21)27-15-16-5-3-2-4-6-16)13-24-20-14-25-9-7-17(20)8-10-25;;/h2-6,11-12,17,20,24H,7-10,13-15H2,1H3;2*1H. The zero-order valence-electron chi connectivity index (χ0n) is 16.6. The smallest absolute Gasteiger partial charge is 0.166 e. The molecule has 0 aromatic heterocycles. The molecular weight excluding hydrogens is 475 g/mol. The molecule has 160 valence electrons. The van der Waals surface area contributed by atoms with Gasteiger partial charge < -0.3 is 19.7 Å². The van der Waals surface area contributed by atoms with Crippen LogP contribution in [0.1, 0.15) is 24.0 Å². The topological polar surface area (TPSA) is 33.7 Å². The van der Waals surface area contributed by atoms with E-state index in [2.05, 4.69) is 44.3 Å². The predicted molar refractivity (Wildman–Crippen MR) is 126 cm³/mol. The maximum absolute atomic E-state index is 6.21. The number of hydrogen-bond acceptors (Lipinski definition) is 4. The number of fused-ring (bicyclic) bond motifs is 3. The number of nitrogens with zero attached hydrogens (tertiary/aromatic N) is 1. The lowest BCUT2D eigenvalue weighted by molar-refractivity contribution is 0.0718. The van der Waals surface area contributed by atoms with Crippen LogP contribution < -0.4 is 14.8 Å². The Bertz CT molecular complexity index is 771. The van der Waals surface area contributed by atoms with Crippen molar-refractivity contribution in [2.75, 3.05) is 26.7 Å². The van der Waals surface area contributed by atoms with E-state index < -0.39 is 0 Å². The Morgan fingerprint density at radius 1 is 1.10 bits per heavy atom. The molecule has 0 saturated carbocycles. The van der Waals surface area contributed by atoms with E-state index in [4.69, 9.17) is 9.47 Å². The number of halogens is 3. The lowest BCUT2D eigenvalue weighted by atomic mass is 9.84. The van der Waals surface area contributed by atoms with E-state index in [1.165, 1.54) is 25.9 Å². The molecule has 1 atom stereocenters. The second-order valence-electron chi connectivity index (χ2n) is 7.50. The summed E-state index contributed by atoms with van der Waals surface area (Å²) in [7, 11) is 1.70. The summed E-state index contributed by atoms with van der Waals surface area (Å²) in [5.74, 6) is 2.40. The van der Waals surface area contributed by atoms with Crippen molar-refractivity contribution in [1.82, 2.24) is 10.2 Å². The van der Waals surface area contributed by atoms with Gasteiger partial charge in [0.1, 0.15) is 6.61 Å². The van der Waals surface area contributed by atoms with Crippen LogP contribution in [0.3, 0.4) is 0 Å². The van der Waals surface area contributed by atoms with Crippen molar-refractivity contribution in [2.24, 2.45) is 5.92 Å². The summed E-state index contributed by atoms with van der Waals surface area (Å²) in [6.45, 7) is 5.01. The number of hydrogen-bond donors (Lipinski definition) is 1. The SMILES string of the molecule is COc1cc(Br)cc(CNC2CN3CCC2CC3)c1OCc1ccccc1.Cl.Cl. The first-order valence-electron chi connectivity index (χ1n) is 9.72. The minimum Gasteiger partial charge on any atom is -0.493 e. The van der Waals surface area contributed by atoms with Crippen LogP contribution in [0.2, 0.25) is 0 Å². The van der Waals surface area contributed by atoms with Gasteiger partial charge in [0.25, 0.3) is 0 Å². The Balaban J connectivity index is 0.00000150. The molecule has 29 heavy (non-hydrogen) atoms. The summed E-state index contributed by atoms with van der Waals surface area (Å²) in [4.78, 5) is 2.58. The van der Waals surface area contributed by atoms with Gasteiger partial charge in [0.05, 0.1) is 7.11 Å². The molecule has 3 fully saturated rings. The average Bonchev–Trinajstić information content (AvgIpc) is 2.72. The fraction of sp³-hybridized carbons (Fsp3) is 0.455. The van der Waals surface area contributed by atoms with Crippen LogP contribution in [0, 0.1) is 5.92 Å². The van der Waals surface area contributed by atoms with Crippen LogP contribution >= 0.6 is 40.7 Å². The second kappa shape index (κ2) is 11.4. The van der Waals surface area contributed by atoms with Crippen molar-refractivity contribution in [1.29, 1.82) is 0 Å². The Hall–Kier alpha value is -0.980. The van der Waals surface area contributed by atoms with Gasteiger partial charge in [0.2, 0.25) is 0 Å². The Kier molecular flexibility index (Phi) is 9.57. The summed E-state index contributed by atoms with van der Waals surface area (Å²) in [5.41, 5.74) is 2.28. The summed E-state index contributed by atoms with van der Waals surface area (Å²) >= 11 is 3.61. The number of piperidine rings is 3. The van der Waals surface area contributed by atoms with E-state index >= 15 is 0 Å². The first kappa shape index (κ1) is 24.3. The van der Waals surface area contributed by atoms with Gasteiger partial charge in [-0.3, -0.25) is 0 Å². The minimum absolute atomic E-state index is 0. The maximum atomic E-state index is 6.21. The molecule has 7 heteroatoms. The first-order chi connectivity index (χ1) is 13.2. The van der Waals surface area contributed by atoms with E-state index in [1.807, 2.05) is 24.3 Å². The van der Waals surface area contributed by atoms with Gasteiger partial charge in [-0.15, -0.1) is 24.8 Å². The highest BCUT2D eigenvalue weighted by atomic mass is 79.9. The molecule has 0 aliphatic carbocycles. The third kappa shape index (κ3) is 6.02. The number of nitrogens with one attached hydrogen (secondary N) is 1. The molecule has 0 radical (unpaired) electrons. The van der Waals surface area contributed by atoms with Crippen LogP contribution in [0.15, 0.2) is 46.9 Å². The van der Waals surface area contributed by atoms with Crippen molar-refractivity contribution >= 4 is 40.7 Å². The molecule has 3 aliphatic heterocycles. The molecule has 1 unspecified atom stereocenters. The van der Waals surface area contributed by atoms with E-state index in [-0.39, 0.29) is 24.8 Å². The van der Waals surface area contributed by atoms with Crippen molar-refractivity contribution < 1.29 is 9.47 Å². The van der Waals surface area contributed by atoms with Gasteiger partial charge in [-0.25, -0.2) is 0 Å². The van der Waals surface area contributed by atoms with Crippen LogP contribution in [-0.4, -0.2) is 37.7 Å². The van der Waals surface area contributed by atoms with Gasteiger partial charge in [0, 0.05) is 29.2 Å². The third-order valence-electron chi connectivity index (χ3n) is 5.75. The van der Waals surface area contributed by atoms with Gasteiger partial charge in [-0.2, -0.15) is 0 Å². The molecule has 3 heterocycles. The summed E-state index contributed by atoms with van der Waals surface area (Å²) in [6, 6.07) is 14.9. The van der Waals surface area contributed by atoms with Gasteiger partial charge >= 0.3 is 0 Å². The van der Waals surface area contributed by atoms with Crippen molar-refractivity contribution in [2.45, 2.75) is 32.0 Å². The molecule has 3 aliphatic rings. The fourth-order valence-electron chi connectivity index (χ4n) is 4.24. The predicted octanol–water partition coefficient (Wildman–Crippen LogP) is 5.06. The Morgan fingerprint density at radius 2 is 1.83 bits per heavy atom. The van der Waals surface area contributed by atoms with Gasteiger partial charge in [-0.1, -0.05) is 46.3 Å². The number of rotatable bonds is 7. The molecule has 2 bridgehead atoms. The fourth-order valence-corrected chi connectivity index (χ4v) is 4.72. The lowest BCUT2D eigenvalue weighted by Crippen LogP contribution is -2.55. The minimum atomic E-state index is 0. The molecule has 4 nitrogen and oxygen atoms in total. The molecule has 0 spiro atoms. The number of ether oxygens (including phenoxy) is 2. The molecule has 0 amide bonds. The highest BCUT2D eigenvalue weighted by molar-refractivity contribution is 9.10. The van der Waals surface area contributed by atoms with Crippen LogP contribution in [0.4, 0.5) is 0 Å². The normalized spacial score (nSPS) is 22.3. The highest BCUT2D eigenvalue weighted by Crippen LogP contribution is 2.36. The van der Waals surface area contributed by atoms with Gasteiger partial charge in [-0.05, 0) is 49.5 Å². The third-order valence-corrected chi connectivity index (χ3v) is 6.21. The summed E-state index contributed by atoms with van der Waals surface area (Å²) in [5, 5.41) is 3.79. The maximum Gasteiger partial charge on any atom is 0.166 e. The van der Waals surface area contributed by atoms with Crippen molar-refractivity contribution in [3.05, 3.63) is 58.1 Å². The number of benzene rings is 2. The zero-order valence-corrected chi connectivity index (χ0v) is 19.8. The van der Waals surface area contributed by atoms with Gasteiger partial charge in [0.15, 0.2) is 11.5 Å². The molecular formula is C22H29BrCl2N2O2. The largest absolute Gasteiger partial charge is 0.493 e. The van der Waals surface area contributed by atoms with E-state index in [0.717, 1.165) is 46.1 Å². The first-order valence-corrected chi connectivity index (χ1v) is 10.5. The molecule has 3 saturated heterocycles. The lowest BCUT2D eigenvalue weighted by Gasteiger charge is -2.45. The monoisotopic (exact) mass is 502 g/mol. The Morgan fingerprint density at radius 3 is 2.45 bits per heavy atom. The van der Waals surface area contributed by atoms with E-state index in [0.29, 0.717) is 12.6 Å². The van der Waals surface area contributed by atoms with E-state index in [9.17, 15) is 0 Å². The zero-order chi connectivity index (χ0) is 18.6. The molecule has 1 N–H and O–H groups in total. The second-order valence-corrected chi connectivity index (χ2v) is 8.41. The van der Waals surface area contributed by atoms with E-state index in [1.54, 1.807) is 7.11 Å².